The number of hydrogen-bond acceptors (Lipinski definition) is 4. The zero-order chi connectivity index (χ0) is 13.5. The molecule has 1 aromatic heterocycles. The first kappa shape index (κ1) is 14.4. The van der Waals surface area contributed by atoms with E-state index < -0.39 is 6.10 Å². The zero-order valence-electron chi connectivity index (χ0n) is 11.6. The predicted molar refractivity (Wildman–Crippen MR) is 74.9 cm³/mol. The van der Waals surface area contributed by atoms with Gasteiger partial charge in [0.25, 0.3) is 0 Å². The Balaban J connectivity index is 1.64. The third-order valence-corrected chi connectivity index (χ3v) is 3.67. The average Bonchev–Trinajstić information content (AvgIpc) is 2.96. The molecule has 1 aliphatic rings. The highest BCUT2D eigenvalue weighted by molar-refractivity contribution is 5.12. The topological polar surface area (TPSA) is 54.4 Å². The Morgan fingerprint density at radius 3 is 2.95 bits per heavy atom. The van der Waals surface area contributed by atoms with E-state index in [1.54, 1.807) is 6.20 Å². The SMILES string of the molecule is CC(NCC(O)COC1CCCC1)c1cccnc1. The quantitative estimate of drug-likeness (QED) is 0.791. The molecule has 4 nitrogen and oxygen atoms in total. The van der Waals surface area contributed by atoms with Crippen molar-refractivity contribution in [3.8, 4) is 0 Å². The van der Waals surface area contributed by atoms with Gasteiger partial charge in [0.15, 0.2) is 0 Å². The standard InChI is InChI=1S/C15H24N2O2/c1-12(13-5-4-8-16-9-13)17-10-14(18)11-19-15-6-2-3-7-15/h4-5,8-9,12,14-15,17-18H,2-3,6-7,10-11H2,1H3. The Labute approximate surface area is 115 Å². The monoisotopic (exact) mass is 264 g/mol. The minimum Gasteiger partial charge on any atom is -0.389 e. The van der Waals surface area contributed by atoms with E-state index >= 15 is 0 Å². The second-order valence-corrected chi connectivity index (χ2v) is 5.31. The number of nitrogens with one attached hydrogen (secondary N) is 1. The number of rotatable bonds is 7. The van der Waals surface area contributed by atoms with Crippen LogP contribution in [0.5, 0.6) is 0 Å². The molecule has 1 aliphatic carbocycles. The maximum atomic E-state index is 9.90. The number of hydrogen-bond donors (Lipinski definition) is 2. The molecule has 0 radical (unpaired) electrons. The Bertz CT molecular complexity index is 352. The van der Waals surface area contributed by atoms with E-state index in [1.165, 1.54) is 12.8 Å². The number of aromatic nitrogens is 1. The van der Waals surface area contributed by atoms with Gasteiger partial charge >= 0.3 is 0 Å². The minimum atomic E-state index is -0.445. The molecule has 0 spiro atoms. The third-order valence-electron chi connectivity index (χ3n) is 3.67. The van der Waals surface area contributed by atoms with Crippen LogP contribution >= 0.6 is 0 Å². The van der Waals surface area contributed by atoms with Crippen LogP contribution < -0.4 is 5.32 Å². The van der Waals surface area contributed by atoms with Crippen molar-refractivity contribution < 1.29 is 9.84 Å². The molecule has 1 fully saturated rings. The Hall–Kier alpha value is -0.970. The summed E-state index contributed by atoms with van der Waals surface area (Å²) in [7, 11) is 0. The fraction of sp³-hybridized carbons (Fsp3) is 0.667. The second kappa shape index (κ2) is 7.58. The summed E-state index contributed by atoms with van der Waals surface area (Å²) >= 11 is 0. The number of pyridine rings is 1. The van der Waals surface area contributed by atoms with Gasteiger partial charge in [-0.3, -0.25) is 4.98 Å². The molecule has 2 unspecified atom stereocenters. The molecule has 2 rings (SSSR count). The van der Waals surface area contributed by atoms with Gasteiger partial charge in [0, 0.05) is 25.0 Å². The van der Waals surface area contributed by atoms with Crippen molar-refractivity contribution in [1.82, 2.24) is 10.3 Å². The number of aliphatic hydroxyl groups excluding tert-OH is 1. The fourth-order valence-electron chi connectivity index (χ4n) is 2.42. The van der Waals surface area contributed by atoms with Crippen LogP contribution in [0.4, 0.5) is 0 Å². The predicted octanol–water partition coefficient (Wildman–Crippen LogP) is 2.05. The lowest BCUT2D eigenvalue weighted by atomic mass is 10.1. The highest BCUT2D eigenvalue weighted by Gasteiger charge is 2.17. The number of nitrogens with zero attached hydrogens (tertiary/aromatic N) is 1. The number of aliphatic hydroxyl groups is 1. The van der Waals surface area contributed by atoms with E-state index in [0.717, 1.165) is 18.4 Å². The molecule has 106 valence electrons. The molecule has 0 aromatic carbocycles. The van der Waals surface area contributed by atoms with Crippen molar-refractivity contribution >= 4 is 0 Å². The highest BCUT2D eigenvalue weighted by Crippen LogP contribution is 2.20. The normalized spacial score (nSPS) is 19.5. The molecule has 1 heterocycles. The van der Waals surface area contributed by atoms with Crippen molar-refractivity contribution in [1.29, 1.82) is 0 Å². The van der Waals surface area contributed by atoms with Crippen LogP contribution in [0.1, 0.15) is 44.2 Å². The van der Waals surface area contributed by atoms with Crippen LogP contribution in [0.3, 0.4) is 0 Å². The van der Waals surface area contributed by atoms with Crippen LogP contribution in [0.25, 0.3) is 0 Å². The smallest absolute Gasteiger partial charge is 0.0898 e. The lowest BCUT2D eigenvalue weighted by Gasteiger charge is -2.19. The first-order valence-corrected chi connectivity index (χ1v) is 7.18. The van der Waals surface area contributed by atoms with E-state index in [0.29, 0.717) is 19.3 Å². The lowest BCUT2D eigenvalue weighted by Crippen LogP contribution is -2.33. The van der Waals surface area contributed by atoms with Gasteiger partial charge in [-0.2, -0.15) is 0 Å². The third kappa shape index (κ3) is 4.90. The Morgan fingerprint density at radius 1 is 1.47 bits per heavy atom. The van der Waals surface area contributed by atoms with Crippen molar-refractivity contribution in [3.05, 3.63) is 30.1 Å². The van der Waals surface area contributed by atoms with E-state index in [9.17, 15) is 5.11 Å². The molecule has 19 heavy (non-hydrogen) atoms. The van der Waals surface area contributed by atoms with E-state index in [-0.39, 0.29) is 6.04 Å². The summed E-state index contributed by atoms with van der Waals surface area (Å²) in [5, 5.41) is 13.2. The summed E-state index contributed by atoms with van der Waals surface area (Å²) in [6.45, 7) is 3.04. The first-order valence-electron chi connectivity index (χ1n) is 7.18. The lowest BCUT2D eigenvalue weighted by molar-refractivity contribution is -0.00610. The molecular formula is C15H24N2O2. The van der Waals surface area contributed by atoms with Crippen LogP contribution in [0.2, 0.25) is 0 Å². The van der Waals surface area contributed by atoms with Crippen LogP contribution in [0.15, 0.2) is 24.5 Å². The molecule has 0 amide bonds. The van der Waals surface area contributed by atoms with Gasteiger partial charge in [-0.25, -0.2) is 0 Å². The molecule has 1 aromatic rings. The van der Waals surface area contributed by atoms with Gasteiger partial charge in [-0.1, -0.05) is 18.9 Å². The summed E-state index contributed by atoms with van der Waals surface area (Å²) in [4.78, 5) is 4.09. The highest BCUT2D eigenvalue weighted by atomic mass is 16.5. The van der Waals surface area contributed by atoms with Gasteiger partial charge in [-0.05, 0) is 31.4 Å². The van der Waals surface area contributed by atoms with Gasteiger partial charge in [-0.15, -0.1) is 0 Å². The van der Waals surface area contributed by atoms with Gasteiger partial charge in [0.2, 0.25) is 0 Å². The van der Waals surface area contributed by atoms with Crippen molar-refractivity contribution in [2.24, 2.45) is 0 Å². The van der Waals surface area contributed by atoms with Crippen LogP contribution in [-0.4, -0.2) is 35.5 Å². The van der Waals surface area contributed by atoms with Crippen molar-refractivity contribution in [2.45, 2.75) is 50.9 Å². The maximum Gasteiger partial charge on any atom is 0.0898 e. The summed E-state index contributed by atoms with van der Waals surface area (Å²) in [5.74, 6) is 0. The van der Waals surface area contributed by atoms with Crippen molar-refractivity contribution in [3.63, 3.8) is 0 Å². The average molecular weight is 264 g/mol. The molecular weight excluding hydrogens is 240 g/mol. The summed E-state index contributed by atoms with van der Waals surface area (Å²) in [6, 6.07) is 4.15. The molecule has 0 aliphatic heterocycles. The summed E-state index contributed by atoms with van der Waals surface area (Å²) < 4.78 is 5.70. The van der Waals surface area contributed by atoms with Gasteiger partial charge in [0.05, 0.1) is 18.8 Å². The molecule has 0 saturated heterocycles. The molecule has 2 atom stereocenters. The summed E-state index contributed by atoms with van der Waals surface area (Å²) in [6.07, 6.45) is 8.34. The Kier molecular flexibility index (Phi) is 5.76. The largest absolute Gasteiger partial charge is 0.389 e. The first-order chi connectivity index (χ1) is 9.25. The van der Waals surface area contributed by atoms with Gasteiger partial charge < -0.3 is 15.2 Å². The zero-order valence-corrected chi connectivity index (χ0v) is 11.6. The number of ether oxygens (including phenoxy) is 1. The van der Waals surface area contributed by atoms with Crippen LogP contribution in [-0.2, 0) is 4.74 Å². The maximum absolute atomic E-state index is 9.90. The Morgan fingerprint density at radius 2 is 2.26 bits per heavy atom. The molecule has 4 heteroatoms. The van der Waals surface area contributed by atoms with Crippen molar-refractivity contribution in [2.75, 3.05) is 13.2 Å². The van der Waals surface area contributed by atoms with Gasteiger partial charge in [0.1, 0.15) is 0 Å². The summed E-state index contributed by atoms with van der Waals surface area (Å²) in [5.41, 5.74) is 1.13. The molecule has 0 bridgehead atoms. The second-order valence-electron chi connectivity index (χ2n) is 5.31. The van der Waals surface area contributed by atoms with E-state index in [4.69, 9.17) is 4.74 Å². The molecule has 2 N–H and O–H groups in total. The molecule has 1 saturated carbocycles. The fourth-order valence-corrected chi connectivity index (χ4v) is 2.42. The minimum absolute atomic E-state index is 0.190. The van der Waals surface area contributed by atoms with Crippen LogP contribution in [0, 0.1) is 0 Å². The van der Waals surface area contributed by atoms with E-state index in [1.807, 2.05) is 18.3 Å². The van der Waals surface area contributed by atoms with E-state index in [2.05, 4.69) is 17.2 Å².